The average Bonchev–Trinajstić information content (AvgIpc) is 2.29. The van der Waals surface area contributed by atoms with Crippen LogP contribution in [0.25, 0.3) is 0 Å². The van der Waals surface area contributed by atoms with Gasteiger partial charge in [-0.3, -0.25) is 4.79 Å². The smallest absolute Gasteiger partial charge is 0.279 e. The summed E-state index contributed by atoms with van der Waals surface area (Å²) in [6.07, 6.45) is 0.561. The molecule has 0 fully saturated rings. The zero-order valence-electron chi connectivity index (χ0n) is 10.3. The second-order valence-electron chi connectivity index (χ2n) is 3.98. The number of nitrogens with one attached hydrogen (secondary N) is 1. The zero-order chi connectivity index (χ0) is 13.8. The van der Waals surface area contributed by atoms with E-state index in [4.69, 9.17) is 0 Å². The molecule has 1 heterocycles. The normalized spacial score (nSPS) is 13.8. The lowest BCUT2D eigenvalue weighted by Crippen LogP contribution is -2.41. The van der Waals surface area contributed by atoms with Gasteiger partial charge in [-0.05, 0) is 6.07 Å². The summed E-state index contributed by atoms with van der Waals surface area (Å²) in [5, 5.41) is 9.67. The highest BCUT2D eigenvalue weighted by Gasteiger charge is 2.15. The third kappa shape index (κ3) is 4.22. The molecule has 1 rings (SSSR count). The molecule has 7 nitrogen and oxygen atoms in total. The van der Waals surface area contributed by atoms with Crippen molar-refractivity contribution in [3.8, 4) is 0 Å². The average molecular weight is 275 g/mol. The van der Waals surface area contributed by atoms with Crippen molar-refractivity contribution < 1.29 is 13.5 Å². The van der Waals surface area contributed by atoms with E-state index in [9.17, 15) is 18.3 Å². The Labute approximate surface area is 106 Å². The van der Waals surface area contributed by atoms with E-state index in [-0.39, 0.29) is 18.6 Å². The molecule has 2 N–H and O–H groups in total. The van der Waals surface area contributed by atoms with Gasteiger partial charge in [-0.2, -0.15) is 17.4 Å². The number of aromatic nitrogens is 1. The number of pyridine rings is 1. The van der Waals surface area contributed by atoms with E-state index in [0.717, 1.165) is 4.31 Å². The maximum absolute atomic E-state index is 11.4. The number of aliphatic hydroxyl groups is 1. The van der Waals surface area contributed by atoms with Crippen molar-refractivity contribution in [2.45, 2.75) is 12.6 Å². The molecule has 0 saturated carbocycles. The molecule has 0 saturated heterocycles. The first kappa shape index (κ1) is 14.8. The maximum atomic E-state index is 11.4. The van der Waals surface area contributed by atoms with Crippen molar-refractivity contribution >= 4 is 10.2 Å². The number of rotatable bonds is 6. The molecular weight excluding hydrogens is 258 g/mol. The van der Waals surface area contributed by atoms with Crippen molar-refractivity contribution in [3.63, 3.8) is 0 Å². The van der Waals surface area contributed by atoms with Crippen LogP contribution in [0.5, 0.6) is 0 Å². The third-order valence-corrected chi connectivity index (χ3v) is 3.78. The standard InChI is InChI=1S/C10H17N3O4S/c1-12(2)18(16,17)11-7-9(14)8-13-6-4-3-5-10(13)15/h3-6,9,11,14H,7-8H2,1-2H3. The highest BCUT2D eigenvalue weighted by atomic mass is 32.2. The minimum Gasteiger partial charge on any atom is -0.390 e. The van der Waals surface area contributed by atoms with Gasteiger partial charge in [0.15, 0.2) is 0 Å². The molecular formula is C10H17N3O4S. The minimum absolute atomic E-state index is 0.0373. The van der Waals surface area contributed by atoms with E-state index >= 15 is 0 Å². The molecule has 0 aliphatic rings. The van der Waals surface area contributed by atoms with Crippen LogP contribution in [0.15, 0.2) is 29.2 Å². The summed E-state index contributed by atoms with van der Waals surface area (Å²) in [5.41, 5.74) is -0.244. The lowest BCUT2D eigenvalue weighted by molar-refractivity contribution is 0.156. The summed E-state index contributed by atoms with van der Waals surface area (Å²) in [6.45, 7) is -0.114. The summed E-state index contributed by atoms with van der Waals surface area (Å²) >= 11 is 0. The highest BCUT2D eigenvalue weighted by Crippen LogP contribution is 1.92. The van der Waals surface area contributed by atoms with Gasteiger partial charge in [0, 0.05) is 32.9 Å². The Hall–Kier alpha value is -1.22. The van der Waals surface area contributed by atoms with Gasteiger partial charge in [-0.15, -0.1) is 0 Å². The Morgan fingerprint density at radius 2 is 2.11 bits per heavy atom. The van der Waals surface area contributed by atoms with Crippen LogP contribution >= 0.6 is 0 Å². The van der Waals surface area contributed by atoms with Crippen LogP contribution in [0.3, 0.4) is 0 Å². The van der Waals surface area contributed by atoms with Crippen molar-refractivity contribution in [2.75, 3.05) is 20.6 Å². The fraction of sp³-hybridized carbons (Fsp3) is 0.500. The summed E-state index contributed by atoms with van der Waals surface area (Å²) in [6, 6.07) is 4.63. The molecule has 18 heavy (non-hydrogen) atoms. The zero-order valence-corrected chi connectivity index (χ0v) is 11.1. The van der Waals surface area contributed by atoms with Crippen LogP contribution in [0.2, 0.25) is 0 Å². The van der Waals surface area contributed by atoms with Crippen molar-refractivity contribution in [1.82, 2.24) is 13.6 Å². The summed E-state index contributed by atoms with van der Waals surface area (Å²) in [4.78, 5) is 11.4. The van der Waals surface area contributed by atoms with E-state index in [1.54, 1.807) is 12.1 Å². The molecule has 1 unspecified atom stereocenters. The Morgan fingerprint density at radius 1 is 1.44 bits per heavy atom. The molecule has 0 amide bonds. The van der Waals surface area contributed by atoms with Crippen LogP contribution in [0.1, 0.15) is 0 Å². The van der Waals surface area contributed by atoms with E-state index in [1.165, 1.54) is 30.9 Å². The third-order valence-electron chi connectivity index (χ3n) is 2.29. The van der Waals surface area contributed by atoms with Gasteiger partial charge in [0.05, 0.1) is 12.6 Å². The fourth-order valence-electron chi connectivity index (χ4n) is 1.23. The largest absolute Gasteiger partial charge is 0.390 e. The molecule has 1 aromatic heterocycles. The maximum Gasteiger partial charge on any atom is 0.279 e. The monoisotopic (exact) mass is 275 g/mol. The Kier molecular flexibility index (Phi) is 5.03. The predicted molar refractivity (Wildman–Crippen MR) is 67.3 cm³/mol. The lowest BCUT2D eigenvalue weighted by Gasteiger charge is -2.16. The summed E-state index contributed by atoms with van der Waals surface area (Å²) in [5.74, 6) is 0. The number of nitrogens with zero attached hydrogens (tertiary/aromatic N) is 2. The van der Waals surface area contributed by atoms with Crippen LogP contribution in [0.4, 0.5) is 0 Å². The SMILES string of the molecule is CN(C)S(=O)(=O)NCC(O)Cn1ccccc1=O. The van der Waals surface area contributed by atoms with E-state index < -0.39 is 16.3 Å². The highest BCUT2D eigenvalue weighted by molar-refractivity contribution is 7.87. The van der Waals surface area contributed by atoms with Crippen molar-refractivity contribution in [3.05, 3.63) is 34.7 Å². The fourth-order valence-corrected chi connectivity index (χ4v) is 1.89. The van der Waals surface area contributed by atoms with Gasteiger partial charge in [-0.1, -0.05) is 6.07 Å². The topological polar surface area (TPSA) is 91.6 Å². The van der Waals surface area contributed by atoms with Crippen LogP contribution in [0, 0.1) is 0 Å². The molecule has 0 bridgehead atoms. The Morgan fingerprint density at radius 3 is 2.67 bits per heavy atom. The van der Waals surface area contributed by atoms with Crippen LogP contribution < -0.4 is 10.3 Å². The summed E-state index contributed by atoms with van der Waals surface area (Å²) in [7, 11) is -0.789. The van der Waals surface area contributed by atoms with Gasteiger partial charge in [0.2, 0.25) is 0 Å². The van der Waals surface area contributed by atoms with Gasteiger partial charge < -0.3 is 9.67 Å². The molecule has 0 aromatic carbocycles. The second kappa shape index (κ2) is 6.10. The lowest BCUT2D eigenvalue weighted by atomic mass is 10.3. The summed E-state index contributed by atoms with van der Waals surface area (Å²) < 4.78 is 27.3. The molecule has 1 atom stereocenters. The van der Waals surface area contributed by atoms with Gasteiger partial charge in [0.25, 0.3) is 15.8 Å². The van der Waals surface area contributed by atoms with Crippen LogP contribution in [-0.2, 0) is 16.8 Å². The molecule has 1 aromatic rings. The van der Waals surface area contributed by atoms with E-state index in [0.29, 0.717) is 0 Å². The van der Waals surface area contributed by atoms with E-state index in [2.05, 4.69) is 4.72 Å². The Bertz CT molecular complexity index is 538. The molecule has 102 valence electrons. The molecule has 8 heteroatoms. The quantitative estimate of drug-likeness (QED) is 0.668. The minimum atomic E-state index is -3.56. The first-order chi connectivity index (χ1) is 8.33. The first-order valence-corrected chi connectivity index (χ1v) is 6.77. The van der Waals surface area contributed by atoms with Gasteiger partial charge in [0.1, 0.15) is 0 Å². The first-order valence-electron chi connectivity index (χ1n) is 5.33. The molecule has 0 radical (unpaired) electrons. The molecule has 0 aliphatic carbocycles. The molecule has 0 aliphatic heterocycles. The van der Waals surface area contributed by atoms with Gasteiger partial charge >= 0.3 is 0 Å². The van der Waals surface area contributed by atoms with Crippen LogP contribution in [-0.4, -0.2) is 49.1 Å². The van der Waals surface area contributed by atoms with Gasteiger partial charge in [-0.25, -0.2) is 0 Å². The van der Waals surface area contributed by atoms with Crippen molar-refractivity contribution in [1.29, 1.82) is 0 Å². The van der Waals surface area contributed by atoms with Crippen molar-refractivity contribution in [2.24, 2.45) is 0 Å². The number of hydrogen-bond acceptors (Lipinski definition) is 4. The van der Waals surface area contributed by atoms with E-state index in [1.807, 2.05) is 0 Å². The predicted octanol–water partition coefficient (Wildman–Crippen LogP) is -1.39. The second-order valence-corrected chi connectivity index (χ2v) is 5.95. The number of aliphatic hydroxyl groups excluding tert-OH is 1. The number of hydrogen-bond donors (Lipinski definition) is 2. The Balaban J connectivity index is 2.56. The molecule has 0 spiro atoms.